The van der Waals surface area contributed by atoms with Crippen LogP contribution in [0.15, 0.2) is 53.7 Å². The van der Waals surface area contributed by atoms with Crippen LogP contribution in [0.3, 0.4) is 0 Å². The third-order valence-corrected chi connectivity index (χ3v) is 6.05. The number of anilines is 2. The molecule has 1 aliphatic rings. The van der Waals surface area contributed by atoms with Crippen molar-refractivity contribution in [3.63, 3.8) is 0 Å². The van der Waals surface area contributed by atoms with Crippen LogP contribution in [0.1, 0.15) is 13.3 Å². The Labute approximate surface area is 179 Å². The van der Waals surface area contributed by atoms with E-state index in [0.29, 0.717) is 18.8 Å². The average molecular weight is 425 g/mol. The van der Waals surface area contributed by atoms with Gasteiger partial charge in [0.15, 0.2) is 5.16 Å². The molecule has 3 aromatic rings. The molecule has 0 aliphatic carbocycles. The fourth-order valence-electron chi connectivity index (χ4n) is 3.73. The second-order valence-corrected chi connectivity index (χ2v) is 8.14. The Morgan fingerprint density at radius 2 is 2.00 bits per heavy atom. The Balaban J connectivity index is 1.58. The van der Waals surface area contributed by atoms with Crippen molar-refractivity contribution < 1.29 is 14.3 Å². The van der Waals surface area contributed by atoms with Crippen LogP contribution < -0.4 is 10.2 Å². The van der Waals surface area contributed by atoms with E-state index in [-0.39, 0.29) is 30.0 Å². The maximum Gasteiger partial charge on any atom is 0.237 e. The van der Waals surface area contributed by atoms with Gasteiger partial charge in [0.1, 0.15) is 0 Å². The molecule has 0 saturated heterocycles. The molecule has 2 amide bonds. The lowest BCUT2D eigenvalue weighted by Crippen LogP contribution is -2.40. The summed E-state index contributed by atoms with van der Waals surface area (Å²) in [6, 6.07) is 15.1. The summed E-state index contributed by atoms with van der Waals surface area (Å²) in [7, 11) is 1.67. The predicted octanol–water partition coefficient (Wildman–Crippen LogP) is 3.54. The summed E-state index contributed by atoms with van der Waals surface area (Å²) in [5.41, 5.74) is 3.31. The molecule has 7 nitrogen and oxygen atoms in total. The van der Waals surface area contributed by atoms with E-state index in [1.165, 1.54) is 11.8 Å². The van der Waals surface area contributed by atoms with E-state index in [9.17, 15) is 9.59 Å². The van der Waals surface area contributed by atoms with Gasteiger partial charge in [-0.1, -0.05) is 36.0 Å². The summed E-state index contributed by atoms with van der Waals surface area (Å²) in [6.07, 6.45) is 0.261. The first kappa shape index (κ1) is 20.4. The number of thioether (sulfide) groups is 1. The number of para-hydroxylation sites is 4. The summed E-state index contributed by atoms with van der Waals surface area (Å²) in [5.74, 6) is 0.0875. The summed E-state index contributed by atoms with van der Waals surface area (Å²) >= 11 is 1.41. The third kappa shape index (κ3) is 4.06. The first-order chi connectivity index (χ1) is 14.6. The molecule has 1 atom stereocenters. The van der Waals surface area contributed by atoms with E-state index in [1.54, 1.807) is 12.0 Å². The molecule has 0 fully saturated rings. The fourth-order valence-corrected chi connectivity index (χ4v) is 4.63. The molecule has 1 aromatic heterocycles. The third-order valence-electron chi connectivity index (χ3n) is 5.09. The van der Waals surface area contributed by atoms with Gasteiger partial charge in [-0.15, -0.1) is 0 Å². The normalized spacial score (nSPS) is 16.3. The molecule has 0 spiro atoms. The number of ether oxygens (including phenoxy) is 1. The molecule has 4 rings (SSSR count). The van der Waals surface area contributed by atoms with Crippen LogP contribution in [0.25, 0.3) is 11.0 Å². The van der Waals surface area contributed by atoms with E-state index in [2.05, 4.69) is 9.88 Å². The zero-order chi connectivity index (χ0) is 21.1. The number of fused-ring (bicyclic) bond motifs is 2. The number of hydrogen-bond donors (Lipinski definition) is 1. The number of hydrogen-bond acceptors (Lipinski definition) is 5. The van der Waals surface area contributed by atoms with Gasteiger partial charge in [-0.2, -0.15) is 0 Å². The van der Waals surface area contributed by atoms with Crippen molar-refractivity contribution in [3.05, 3.63) is 48.5 Å². The van der Waals surface area contributed by atoms with Gasteiger partial charge < -0.3 is 19.5 Å². The monoisotopic (exact) mass is 424 g/mol. The van der Waals surface area contributed by atoms with E-state index < -0.39 is 0 Å². The summed E-state index contributed by atoms with van der Waals surface area (Å²) in [6.45, 7) is 3.12. The van der Waals surface area contributed by atoms with Crippen molar-refractivity contribution >= 4 is 46.0 Å². The molecule has 8 heteroatoms. The highest BCUT2D eigenvalue weighted by molar-refractivity contribution is 7.99. The number of imidazole rings is 1. The number of carbonyl (C=O) groups is 2. The first-order valence-corrected chi connectivity index (χ1v) is 10.8. The minimum atomic E-state index is -0.228. The van der Waals surface area contributed by atoms with Crippen LogP contribution in [-0.2, 0) is 20.9 Å². The van der Waals surface area contributed by atoms with Crippen molar-refractivity contribution in [2.45, 2.75) is 31.1 Å². The van der Waals surface area contributed by atoms with E-state index in [4.69, 9.17) is 9.72 Å². The molecule has 156 valence electrons. The van der Waals surface area contributed by atoms with Crippen LogP contribution in [0.5, 0.6) is 0 Å². The molecule has 0 saturated carbocycles. The van der Waals surface area contributed by atoms with Crippen LogP contribution in [0.4, 0.5) is 11.4 Å². The highest BCUT2D eigenvalue weighted by Gasteiger charge is 2.29. The number of rotatable bonds is 6. The van der Waals surface area contributed by atoms with Gasteiger partial charge in [-0.05, 0) is 31.2 Å². The fraction of sp³-hybridized carbons (Fsp3) is 0.318. The summed E-state index contributed by atoms with van der Waals surface area (Å²) in [4.78, 5) is 31.9. The van der Waals surface area contributed by atoms with Crippen molar-refractivity contribution in [2.24, 2.45) is 0 Å². The minimum absolute atomic E-state index is 0.0539. The minimum Gasteiger partial charge on any atom is -0.383 e. The van der Waals surface area contributed by atoms with Gasteiger partial charge in [0.05, 0.1) is 34.8 Å². The molecule has 2 aromatic carbocycles. The number of nitrogens with one attached hydrogen (secondary N) is 1. The summed E-state index contributed by atoms with van der Waals surface area (Å²) in [5, 5.41) is 3.68. The van der Waals surface area contributed by atoms with Crippen molar-refractivity contribution in [3.8, 4) is 0 Å². The standard InChI is InChI=1S/C22H24N4O3S/c1-15-13-20(27)23-17-8-4-6-10-19(17)26(15)21(28)14-30-22-24-16-7-3-5-9-18(16)25(22)11-12-29-2/h3-10,15H,11-14H2,1-2H3,(H,23,27)/t15-/m0/s1. The highest BCUT2D eigenvalue weighted by Crippen LogP contribution is 2.32. The Kier molecular flexibility index (Phi) is 6.06. The molecule has 30 heavy (non-hydrogen) atoms. The smallest absolute Gasteiger partial charge is 0.237 e. The zero-order valence-corrected chi connectivity index (χ0v) is 17.8. The largest absolute Gasteiger partial charge is 0.383 e. The maximum absolute atomic E-state index is 13.2. The molecule has 0 radical (unpaired) electrons. The second kappa shape index (κ2) is 8.89. The lowest BCUT2D eigenvalue weighted by molar-refractivity contribution is -0.117. The summed E-state index contributed by atoms with van der Waals surface area (Å²) < 4.78 is 7.33. The van der Waals surface area contributed by atoms with Gasteiger partial charge in [0, 0.05) is 26.1 Å². The van der Waals surface area contributed by atoms with E-state index in [0.717, 1.165) is 21.9 Å². The Bertz CT molecular complexity index is 1080. The van der Waals surface area contributed by atoms with Crippen molar-refractivity contribution in [2.75, 3.05) is 29.7 Å². The van der Waals surface area contributed by atoms with Crippen LogP contribution >= 0.6 is 11.8 Å². The van der Waals surface area contributed by atoms with Crippen LogP contribution in [0, 0.1) is 0 Å². The molecule has 2 heterocycles. The number of benzene rings is 2. The van der Waals surface area contributed by atoms with Gasteiger partial charge in [-0.25, -0.2) is 4.98 Å². The number of amides is 2. The van der Waals surface area contributed by atoms with Crippen LogP contribution in [0.2, 0.25) is 0 Å². The molecule has 1 N–H and O–H groups in total. The zero-order valence-electron chi connectivity index (χ0n) is 17.0. The number of methoxy groups -OCH3 is 1. The molecule has 1 aliphatic heterocycles. The lowest BCUT2D eigenvalue weighted by Gasteiger charge is -2.27. The number of aromatic nitrogens is 2. The Hall–Kier alpha value is -2.84. The first-order valence-electron chi connectivity index (χ1n) is 9.86. The second-order valence-electron chi connectivity index (χ2n) is 7.20. The van der Waals surface area contributed by atoms with Gasteiger partial charge in [0.2, 0.25) is 11.8 Å². The maximum atomic E-state index is 13.2. The number of nitrogens with zero attached hydrogens (tertiary/aromatic N) is 3. The Morgan fingerprint density at radius 3 is 2.83 bits per heavy atom. The highest BCUT2D eigenvalue weighted by atomic mass is 32.2. The van der Waals surface area contributed by atoms with Gasteiger partial charge in [0.25, 0.3) is 0 Å². The average Bonchev–Trinajstić information content (AvgIpc) is 3.02. The Morgan fingerprint density at radius 1 is 1.23 bits per heavy atom. The SMILES string of the molecule is COCCn1c(SCC(=O)N2c3ccccc3NC(=O)C[C@@H]2C)nc2ccccc21. The molecule has 0 unspecified atom stereocenters. The van der Waals surface area contributed by atoms with E-state index >= 15 is 0 Å². The predicted molar refractivity (Wildman–Crippen MR) is 119 cm³/mol. The van der Waals surface area contributed by atoms with Crippen molar-refractivity contribution in [1.82, 2.24) is 9.55 Å². The van der Waals surface area contributed by atoms with E-state index in [1.807, 2.05) is 55.5 Å². The molecular formula is C22H24N4O3S. The van der Waals surface area contributed by atoms with Crippen LogP contribution in [-0.4, -0.2) is 46.9 Å². The topological polar surface area (TPSA) is 76.5 Å². The van der Waals surface area contributed by atoms with Gasteiger partial charge in [-0.3, -0.25) is 9.59 Å². The van der Waals surface area contributed by atoms with Gasteiger partial charge >= 0.3 is 0 Å². The number of carbonyl (C=O) groups excluding carboxylic acids is 2. The molecule has 0 bridgehead atoms. The molecular weight excluding hydrogens is 400 g/mol. The quantitative estimate of drug-likeness (QED) is 0.613. The van der Waals surface area contributed by atoms with Crippen molar-refractivity contribution in [1.29, 1.82) is 0 Å². The lowest BCUT2D eigenvalue weighted by atomic mass is 10.2.